The van der Waals surface area contributed by atoms with Crippen LogP contribution < -0.4 is 0 Å². The molecule has 0 aliphatic carbocycles. The van der Waals surface area contributed by atoms with Crippen molar-refractivity contribution in [2.45, 2.75) is 57.5 Å². The van der Waals surface area contributed by atoms with Crippen molar-refractivity contribution < 1.29 is 0 Å². The molecule has 3 rings (SSSR count). The van der Waals surface area contributed by atoms with Crippen molar-refractivity contribution >= 4 is 0 Å². The van der Waals surface area contributed by atoms with E-state index in [2.05, 4.69) is 29.6 Å². The van der Waals surface area contributed by atoms with E-state index in [9.17, 15) is 0 Å². The van der Waals surface area contributed by atoms with Crippen LogP contribution in [0.3, 0.4) is 0 Å². The average molecular weight is 233 g/mol. The molecule has 0 saturated carbocycles. The number of likely N-dealkylation sites (tertiary alicyclic amines) is 1. The van der Waals surface area contributed by atoms with Crippen LogP contribution in [0.4, 0.5) is 0 Å². The minimum atomic E-state index is 0.652. The second-order valence-corrected chi connectivity index (χ2v) is 5.81. The molecule has 1 fully saturated rings. The van der Waals surface area contributed by atoms with Gasteiger partial charge in [-0.2, -0.15) is 0 Å². The molecule has 0 amide bonds. The molecule has 1 aromatic heterocycles. The molecule has 3 heterocycles. The lowest BCUT2D eigenvalue weighted by Crippen LogP contribution is -2.26. The van der Waals surface area contributed by atoms with Gasteiger partial charge in [0.25, 0.3) is 0 Å². The molecular weight excluding hydrogens is 210 g/mol. The van der Waals surface area contributed by atoms with E-state index in [0.29, 0.717) is 5.92 Å². The molecule has 0 bridgehead atoms. The SMILES string of the molecule is CC1CCCn2cc(CC3CCCN3C)nc21. The van der Waals surface area contributed by atoms with Gasteiger partial charge in [-0.25, -0.2) is 4.98 Å². The lowest BCUT2D eigenvalue weighted by atomic mass is 10.0. The molecule has 94 valence electrons. The molecule has 2 unspecified atom stereocenters. The third kappa shape index (κ3) is 2.13. The zero-order valence-electron chi connectivity index (χ0n) is 11.0. The van der Waals surface area contributed by atoms with Gasteiger partial charge in [0.15, 0.2) is 0 Å². The molecule has 0 spiro atoms. The fraction of sp³-hybridized carbons (Fsp3) is 0.786. The monoisotopic (exact) mass is 233 g/mol. The van der Waals surface area contributed by atoms with Gasteiger partial charge < -0.3 is 9.47 Å². The summed E-state index contributed by atoms with van der Waals surface area (Å²) in [7, 11) is 2.25. The Kier molecular flexibility index (Phi) is 2.95. The van der Waals surface area contributed by atoms with E-state index in [4.69, 9.17) is 4.98 Å². The second kappa shape index (κ2) is 4.45. The van der Waals surface area contributed by atoms with Crippen molar-refractivity contribution in [3.63, 3.8) is 0 Å². The lowest BCUT2D eigenvalue weighted by molar-refractivity contribution is 0.308. The maximum Gasteiger partial charge on any atom is 0.111 e. The highest BCUT2D eigenvalue weighted by Crippen LogP contribution is 2.27. The highest BCUT2D eigenvalue weighted by molar-refractivity contribution is 5.11. The third-order valence-corrected chi connectivity index (χ3v) is 4.45. The molecule has 0 aromatic carbocycles. The summed E-state index contributed by atoms with van der Waals surface area (Å²) in [6.45, 7) is 4.74. The summed E-state index contributed by atoms with van der Waals surface area (Å²) < 4.78 is 2.39. The zero-order chi connectivity index (χ0) is 11.8. The van der Waals surface area contributed by atoms with E-state index in [1.807, 2.05) is 0 Å². The van der Waals surface area contributed by atoms with E-state index in [0.717, 1.165) is 12.5 Å². The van der Waals surface area contributed by atoms with Crippen LogP contribution in [0.25, 0.3) is 0 Å². The highest BCUT2D eigenvalue weighted by atomic mass is 15.2. The van der Waals surface area contributed by atoms with Crippen LogP contribution in [0, 0.1) is 0 Å². The number of rotatable bonds is 2. The smallest absolute Gasteiger partial charge is 0.111 e. The molecule has 3 nitrogen and oxygen atoms in total. The summed E-state index contributed by atoms with van der Waals surface area (Å²) in [5, 5.41) is 0. The Labute approximate surface area is 104 Å². The standard InChI is InChI=1S/C14H23N3/c1-11-5-3-8-17-10-12(15-14(11)17)9-13-6-4-7-16(13)2/h10-11,13H,3-9H2,1-2H3. The van der Waals surface area contributed by atoms with Gasteiger partial charge in [0.05, 0.1) is 5.69 Å². The number of hydrogen-bond donors (Lipinski definition) is 0. The number of aromatic nitrogens is 2. The zero-order valence-corrected chi connectivity index (χ0v) is 11.0. The summed E-state index contributed by atoms with van der Waals surface area (Å²) in [4.78, 5) is 7.35. The lowest BCUT2D eigenvalue weighted by Gasteiger charge is -2.19. The molecule has 1 aromatic rings. The Hall–Kier alpha value is -0.830. The summed E-state index contributed by atoms with van der Waals surface area (Å²) >= 11 is 0. The van der Waals surface area contributed by atoms with Crippen LogP contribution in [-0.2, 0) is 13.0 Å². The normalized spacial score (nSPS) is 29.5. The summed E-state index contributed by atoms with van der Waals surface area (Å²) in [5.74, 6) is 1.98. The Morgan fingerprint density at radius 2 is 2.12 bits per heavy atom. The van der Waals surface area contributed by atoms with E-state index in [1.165, 1.54) is 50.3 Å². The Morgan fingerprint density at radius 1 is 1.29 bits per heavy atom. The first-order valence-electron chi connectivity index (χ1n) is 7.00. The van der Waals surface area contributed by atoms with Crippen molar-refractivity contribution in [3.05, 3.63) is 17.7 Å². The van der Waals surface area contributed by atoms with Crippen LogP contribution in [-0.4, -0.2) is 34.1 Å². The largest absolute Gasteiger partial charge is 0.334 e. The molecule has 0 radical (unpaired) electrons. The van der Waals surface area contributed by atoms with E-state index < -0.39 is 0 Å². The maximum atomic E-state index is 4.87. The van der Waals surface area contributed by atoms with Crippen molar-refractivity contribution in [2.24, 2.45) is 0 Å². The van der Waals surface area contributed by atoms with Crippen molar-refractivity contribution in [1.82, 2.24) is 14.5 Å². The summed E-state index contributed by atoms with van der Waals surface area (Å²) in [6, 6.07) is 0.724. The number of imidazole rings is 1. The average Bonchev–Trinajstić information content (AvgIpc) is 2.87. The van der Waals surface area contributed by atoms with Crippen LogP contribution >= 0.6 is 0 Å². The van der Waals surface area contributed by atoms with Crippen LogP contribution in [0.1, 0.15) is 50.0 Å². The molecule has 3 heteroatoms. The van der Waals surface area contributed by atoms with Crippen LogP contribution in [0.5, 0.6) is 0 Å². The number of nitrogens with zero attached hydrogens (tertiary/aromatic N) is 3. The van der Waals surface area contributed by atoms with Crippen molar-refractivity contribution in [1.29, 1.82) is 0 Å². The molecule has 0 N–H and O–H groups in total. The summed E-state index contributed by atoms with van der Waals surface area (Å²) in [5.41, 5.74) is 1.31. The van der Waals surface area contributed by atoms with Gasteiger partial charge in [-0.3, -0.25) is 0 Å². The predicted octanol–water partition coefficient (Wildman–Crippen LogP) is 2.42. The van der Waals surface area contributed by atoms with E-state index in [-0.39, 0.29) is 0 Å². The Balaban J connectivity index is 1.75. The van der Waals surface area contributed by atoms with Gasteiger partial charge in [0, 0.05) is 31.1 Å². The fourth-order valence-electron chi connectivity index (χ4n) is 3.33. The topological polar surface area (TPSA) is 21.1 Å². The van der Waals surface area contributed by atoms with Gasteiger partial charge in [-0.05, 0) is 39.3 Å². The second-order valence-electron chi connectivity index (χ2n) is 5.81. The van der Waals surface area contributed by atoms with E-state index in [1.54, 1.807) is 0 Å². The number of aryl methyl sites for hydroxylation is 1. The number of fused-ring (bicyclic) bond motifs is 1. The first kappa shape index (κ1) is 11.3. The Bertz CT molecular complexity index is 396. The van der Waals surface area contributed by atoms with Crippen LogP contribution in [0.15, 0.2) is 6.20 Å². The molecular formula is C14H23N3. The van der Waals surface area contributed by atoms with E-state index >= 15 is 0 Å². The Morgan fingerprint density at radius 3 is 2.82 bits per heavy atom. The quantitative estimate of drug-likeness (QED) is 0.782. The van der Waals surface area contributed by atoms with Crippen molar-refractivity contribution in [2.75, 3.05) is 13.6 Å². The first-order valence-corrected chi connectivity index (χ1v) is 7.00. The molecule has 17 heavy (non-hydrogen) atoms. The minimum Gasteiger partial charge on any atom is -0.334 e. The van der Waals surface area contributed by atoms with Gasteiger partial charge in [0.2, 0.25) is 0 Å². The molecule has 2 aliphatic rings. The minimum absolute atomic E-state index is 0.652. The van der Waals surface area contributed by atoms with Gasteiger partial charge >= 0.3 is 0 Å². The van der Waals surface area contributed by atoms with Gasteiger partial charge in [0.1, 0.15) is 5.82 Å². The first-order chi connectivity index (χ1) is 8.24. The van der Waals surface area contributed by atoms with Crippen molar-refractivity contribution in [3.8, 4) is 0 Å². The van der Waals surface area contributed by atoms with Gasteiger partial charge in [-0.15, -0.1) is 0 Å². The highest BCUT2D eigenvalue weighted by Gasteiger charge is 2.24. The fourth-order valence-corrected chi connectivity index (χ4v) is 3.33. The predicted molar refractivity (Wildman–Crippen MR) is 69.2 cm³/mol. The maximum absolute atomic E-state index is 4.87. The number of hydrogen-bond acceptors (Lipinski definition) is 2. The molecule has 2 atom stereocenters. The molecule has 2 aliphatic heterocycles. The molecule has 1 saturated heterocycles. The van der Waals surface area contributed by atoms with Crippen LogP contribution in [0.2, 0.25) is 0 Å². The van der Waals surface area contributed by atoms with Gasteiger partial charge in [-0.1, -0.05) is 6.92 Å². The third-order valence-electron chi connectivity index (χ3n) is 4.45. The summed E-state index contributed by atoms with van der Waals surface area (Å²) in [6.07, 6.45) is 8.76. The number of likely N-dealkylation sites (N-methyl/N-ethyl adjacent to an activating group) is 1.